The van der Waals surface area contributed by atoms with Gasteiger partial charge < -0.3 is 5.32 Å². The summed E-state index contributed by atoms with van der Waals surface area (Å²) >= 11 is 3.31. The number of halogens is 1. The zero-order chi connectivity index (χ0) is 17.9. The van der Waals surface area contributed by atoms with Crippen LogP contribution in [-0.4, -0.2) is 48.8 Å². The summed E-state index contributed by atoms with van der Waals surface area (Å²) in [7, 11) is -3.01. The van der Waals surface area contributed by atoms with Gasteiger partial charge in [-0.25, -0.2) is 13.4 Å². The van der Waals surface area contributed by atoms with Gasteiger partial charge in [-0.1, -0.05) is 30.3 Å². The van der Waals surface area contributed by atoms with Gasteiger partial charge in [-0.2, -0.15) is 0 Å². The van der Waals surface area contributed by atoms with Crippen molar-refractivity contribution >= 4 is 37.5 Å². The Bertz CT molecular complexity index is 827. The molecule has 132 valence electrons. The van der Waals surface area contributed by atoms with Crippen LogP contribution in [-0.2, 0) is 14.6 Å². The number of carbonyl (C=O) groups is 1. The molecule has 2 aromatic rings. The van der Waals surface area contributed by atoms with Gasteiger partial charge >= 0.3 is 0 Å². The third kappa shape index (κ3) is 4.65. The summed E-state index contributed by atoms with van der Waals surface area (Å²) in [6.07, 6.45) is 1.61. The van der Waals surface area contributed by atoms with Crippen LogP contribution in [0.3, 0.4) is 0 Å². The fourth-order valence-electron chi connectivity index (χ4n) is 2.79. The standard InChI is InChI=1S/C17H18BrN3O3S/c18-14-6-7-15(19-12-14)20-17(22)16(13-4-2-1-3-5-13)21-8-10-25(23,24)11-9-21/h1-7,12,16H,8-11H2,(H,19,20,22). The molecule has 3 rings (SSSR count). The first-order valence-electron chi connectivity index (χ1n) is 7.86. The van der Waals surface area contributed by atoms with Gasteiger partial charge in [-0.15, -0.1) is 0 Å². The molecule has 1 aromatic carbocycles. The quantitative estimate of drug-likeness (QED) is 0.815. The van der Waals surface area contributed by atoms with Crippen molar-refractivity contribution in [3.8, 4) is 0 Å². The number of nitrogens with zero attached hydrogens (tertiary/aromatic N) is 2. The molecule has 6 nitrogen and oxygen atoms in total. The SMILES string of the molecule is O=C(Nc1ccc(Br)cn1)C(c1ccccc1)N1CCS(=O)(=O)CC1. The van der Waals surface area contributed by atoms with Gasteiger partial charge in [0.1, 0.15) is 11.9 Å². The van der Waals surface area contributed by atoms with Crippen molar-refractivity contribution in [3.05, 3.63) is 58.7 Å². The zero-order valence-electron chi connectivity index (χ0n) is 13.4. The summed E-state index contributed by atoms with van der Waals surface area (Å²) in [5.41, 5.74) is 0.830. The minimum Gasteiger partial charge on any atom is -0.309 e. The molecule has 0 spiro atoms. The number of benzene rings is 1. The molecule has 0 aliphatic carbocycles. The predicted molar refractivity (Wildman–Crippen MR) is 100.0 cm³/mol. The third-order valence-electron chi connectivity index (χ3n) is 4.09. The molecule has 0 bridgehead atoms. The average Bonchev–Trinajstić information content (AvgIpc) is 2.60. The van der Waals surface area contributed by atoms with E-state index in [-0.39, 0.29) is 17.4 Å². The Morgan fingerprint density at radius 3 is 2.40 bits per heavy atom. The highest BCUT2D eigenvalue weighted by molar-refractivity contribution is 9.10. The zero-order valence-corrected chi connectivity index (χ0v) is 15.8. The van der Waals surface area contributed by atoms with Crippen molar-refractivity contribution < 1.29 is 13.2 Å². The van der Waals surface area contributed by atoms with E-state index in [1.54, 1.807) is 18.3 Å². The van der Waals surface area contributed by atoms with E-state index >= 15 is 0 Å². The number of pyridine rings is 1. The molecule has 0 saturated carbocycles. The third-order valence-corrected chi connectivity index (χ3v) is 6.16. The molecular weight excluding hydrogens is 406 g/mol. The number of aromatic nitrogens is 1. The van der Waals surface area contributed by atoms with E-state index in [2.05, 4.69) is 26.2 Å². The number of sulfone groups is 1. The molecule has 2 heterocycles. The highest BCUT2D eigenvalue weighted by Crippen LogP contribution is 2.24. The second kappa shape index (κ2) is 7.63. The van der Waals surface area contributed by atoms with Gasteiger partial charge in [-0.3, -0.25) is 9.69 Å². The smallest absolute Gasteiger partial charge is 0.247 e. The number of anilines is 1. The van der Waals surface area contributed by atoms with Gasteiger partial charge in [0.15, 0.2) is 9.84 Å². The summed E-state index contributed by atoms with van der Waals surface area (Å²) in [5, 5.41) is 2.82. The van der Waals surface area contributed by atoms with E-state index in [9.17, 15) is 13.2 Å². The lowest BCUT2D eigenvalue weighted by Gasteiger charge is -2.33. The highest BCUT2D eigenvalue weighted by atomic mass is 79.9. The maximum atomic E-state index is 12.9. The number of hydrogen-bond donors (Lipinski definition) is 1. The maximum Gasteiger partial charge on any atom is 0.247 e. The lowest BCUT2D eigenvalue weighted by molar-refractivity contribution is -0.121. The van der Waals surface area contributed by atoms with Crippen LogP contribution in [0.1, 0.15) is 11.6 Å². The van der Waals surface area contributed by atoms with E-state index in [0.29, 0.717) is 18.9 Å². The fourth-order valence-corrected chi connectivity index (χ4v) is 4.26. The molecule has 1 aromatic heterocycles. The second-order valence-electron chi connectivity index (χ2n) is 5.85. The van der Waals surface area contributed by atoms with Crippen molar-refractivity contribution in [2.75, 3.05) is 29.9 Å². The Balaban J connectivity index is 1.83. The first-order valence-corrected chi connectivity index (χ1v) is 10.5. The molecular formula is C17H18BrN3O3S. The average molecular weight is 424 g/mol. The number of amides is 1. The minimum absolute atomic E-state index is 0.0696. The number of rotatable bonds is 4. The first kappa shape index (κ1) is 18.0. The molecule has 1 atom stereocenters. The van der Waals surface area contributed by atoms with Crippen molar-refractivity contribution in [1.29, 1.82) is 0 Å². The normalized spacial score (nSPS) is 18.4. The summed E-state index contributed by atoms with van der Waals surface area (Å²) in [4.78, 5) is 19.0. The molecule has 1 aliphatic rings. The van der Waals surface area contributed by atoms with Crippen LogP contribution in [0.2, 0.25) is 0 Å². The van der Waals surface area contributed by atoms with Crippen molar-refractivity contribution in [1.82, 2.24) is 9.88 Å². The Kier molecular flexibility index (Phi) is 5.51. The van der Waals surface area contributed by atoms with Crippen molar-refractivity contribution in [2.24, 2.45) is 0 Å². The van der Waals surface area contributed by atoms with Crippen LogP contribution in [0.15, 0.2) is 53.1 Å². The van der Waals surface area contributed by atoms with E-state index in [1.165, 1.54) is 0 Å². The Morgan fingerprint density at radius 1 is 1.12 bits per heavy atom. The predicted octanol–water partition coefficient (Wildman–Crippen LogP) is 2.25. The van der Waals surface area contributed by atoms with Crippen LogP contribution >= 0.6 is 15.9 Å². The molecule has 0 radical (unpaired) electrons. The van der Waals surface area contributed by atoms with Crippen LogP contribution in [0, 0.1) is 0 Å². The second-order valence-corrected chi connectivity index (χ2v) is 9.07. The van der Waals surface area contributed by atoms with E-state index < -0.39 is 15.9 Å². The van der Waals surface area contributed by atoms with Gasteiger partial charge in [0.25, 0.3) is 0 Å². The van der Waals surface area contributed by atoms with Crippen LogP contribution in [0.25, 0.3) is 0 Å². The summed E-state index contributed by atoms with van der Waals surface area (Å²) in [6, 6.07) is 12.3. The lowest BCUT2D eigenvalue weighted by Crippen LogP contribution is -2.46. The van der Waals surface area contributed by atoms with Crippen molar-refractivity contribution in [3.63, 3.8) is 0 Å². The Hall–Kier alpha value is -1.77. The van der Waals surface area contributed by atoms with Gasteiger partial charge in [0.05, 0.1) is 11.5 Å². The summed E-state index contributed by atoms with van der Waals surface area (Å²) in [6.45, 7) is 0.673. The molecule has 1 saturated heterocycles. The van der Waals surface area contributed by atoms with Crippen molar-refractivity contribution in [2.45, 2.75) is 6.04 Å². The van der Waals surface area contributed by atoms with Gasteiger partial charge in [0.2, 0.25) is 5.91 Å². The fraction of sp³-hybridized carbons (Fsp3) is 0.294. The first-order chi connectivity index (χ1) is 11.9. The van der Waals surface area contributed by atoms with Gasteiger partial charge in [-0.05, 0) is 33.6 Å². The van der Waals surface area contributed by atoms with Crippen LogP contribution in [0.4, 0.5) is 5.82 Å². The largest absolute Gasteiger partial charge is 0.309 e. The maximum absolute atomic E-state index is 12.9. The number of carbonyl (C=O) groups excluding carboxylic acids is 1. The topological polar surface area (TPSA) is 79.4 Å². The Labute approximate surface area is 155 Å². The lowest BCUT2D eigenvalue weighted by atomic mass is 10.0. The van der Waals surface area contributed by atoms with Crippen LogP contribution in [0.5, 0.6) is 0 Å². The molecule has 1 unspecified atom stereocenters. The summed E-state index contributed by atoms with van der Waals surface area (Å²) < 4.78 is 24.2. The molecule has 1 N–H and O–H groups in total. The van der Waals surface area contributed by atoms with E-state index in [1.807, 2.05) is 35.2 Å². The number of nitrogens with one attached hydrogen (secondary N) is 1. The molecule has 1 aliphatic heterocycles. The molecule has 1 amide bonds. The summed E-state index contributed by atoms with van der Waals surface area (Å²) in [5.74, 6) is 0.374. The molecule has 25 heavy (non-hydrogen) atoms. The highest BCUT2D eigenvalue weighted by Gasteiger charge is 2.32. The molecule has 1 fully saturated rings. The van der Waals surface area contributed by atoms with Crippen LogP contribution < -0.4 is 5.32 Å². The minimum atomic E-state index is -3.01. The van der Waals surface area contributed by atoms with Gasteiger partial charge in [0, 0.05) is 23.8 Å². The van der Waals surface area contributed by atoms with E-state index in [0.717, 1.165) is 10.0 Å². The monoisotopic (exact) mass is 423 g/mol. The number of hydrogen-bond acceptors (Lipinski definition) is 5. The van der Waals surface area contributed by atoms with E-state index in [4.69, 9.17) is 0 Å². The molecule has 8 heteroatoms. The Morgan fingerprint density at radius 2 is 1.80 bits per heavy atom.